The van der Waals surface area contributed by atoms with E-state index in [9.17, 15) is 18.0 Å². The van der Waals surface area contributed by atoms with Gasteiger partial charge in [-0.2, -0.15) is 13.2 Å². The minimum Gasteiger partial charge on any atom is -0.336 e. The van der Waals surface area contributed by atoms with E-state index in [-0.39, 0.29) is 36.3 Å². The fraction of sp³-hybridized carbons (Fsp3) is 0.412. The third-order valence-electron chi connectivity index (χ3n) is 4.38. The van der Waals surface area contributed by atoms with Crippen LogP contribution in [0.2, 0.25) is 0 Å². The Balaban J connectivity index is 0.00000243. The number of benzene rings is 1. The molecule has 1 aliphatic heterocycles. The standard InChI is InChI=1S/C17H19F3N4O.ClH/c1-23-8-7-22-16(23)14-11-21-6-9-24(14)15(25)10-12-4-2-3-5-13(12)17(18,19)20;/h2-5,7-8,14,21H,6,9-11H2,1H3;1H. The lowest BCUT2D eigenvalue weighted by molar-refractivity contribution is -0.139. The van der Waals surface area contributed by atoms with Crippen LogP contribution in [0.4, 0.5) is 13.2 Å². The Bertz CT molecular complexity index is 762. The van der Waals surface area contributed by atoms with Crippen molar-refractivity contribution >= 4 is 18.3 Å². The largest absolute Gasteiger partial charge is 0.416 e. The summed E-state index contributed by atoms with van der Waals surface area (Å²) in [6.45, 7) is 1.57. The van der Waals surface area contributed by atoms with Crippen LogP contribution in [0.5, 0.6) is 0 Å². The van der Waals surface area contributed by atoms with Gasteiger partial charge in [-0.15, -0.1) is 12.4 Å². The second-order valence-corrected chi connectivity index (χ2v) is 6.04. The molecule has 3 rings (SSSR count). The normalized spacial score (nSPS) is 17.7. The number of nitrogens with zero attached hydrogens (tertiary/aromatic N) is 3. The number of nitrogens with one attached hydrogen (secondary N) is 1. The Morgan fingerprint density at radius 1 is 1.35 bits per heavy atom. The molecular weight excluding hydrogens is 369 g/mol. The van der Waals surface area contributed by atoms with E-state index < -0.39 is 11.7 Å². The Kier molecular flexibility index (Phi) is 6.30. The zero-order valence-corrected chi connectivity index (χ0v) is 15.0. The van der Waals surface area contributed by atoms with Crippen molar-refractivity contribution in [3.05, 3.63) is 53.6 Å². The number of piperazine rings is 1. The van der Waals surface area contributed by atoms with Gasteiger partial charge in [-0.3, -0.25) is 4.79 Å². The highest BCUT2D eigenvalue weighted by Crippen LogP contribution is 2.32. The van der Waals surface area contributed by atoms with Crippen molar-refractivity contribution in [3.8, 4) is 0 Å². The molecule has 9 heteroatoms. The lowest BCUT2D eigenvalue weighted by Crippen LogP contribution is -2.50. The second-order valence-electron chi connectivity index (χ2n) is 6.04. The number of carbonyl (C=O) groups excluding carboxylic acids is 1. The van der Waals surface area contributed by atoms with Crippen LogP contribution in [0.3, 0.4) is 0 Å². The first kappa shape index (κ1) is 20.3. The van der Waals surface area contributed by atoms with E-state index in [1.54, 1.807) is 17.3 Å². The molecular formula is C17H20ClF3N4O. The van der Waals surface area contributed by atoms with E-state index in [2.05, 4.69) is 10.3 Å². The molecule has 1 aliphatic rings. The summed E-state index contributed by atoms with van der Waals surface area (Å²) in [6.07, 6.45) is -1.33. The molecule has 1 N–H and O–H groups in total. The summed E-state index contributed by atoms with van der Waals surface area (Å²) in [6, 6.07) is 4.93. The van der Waals surface area contributed by atoms with Crippen LogP contribution in [0.15, 0.2) is 36.7 Å². The van der Waals surface area contributed by atoms with Gasteiger partial charge in [0.15, 0.2) is 0 Å². The molecule has 2 aromatic rings. The van der Waals surface area contributed by atoms with E-state index in [0.717, 1.165) is 6.07 Å². The summed E-state index contributed by atoms with van der Waals surface area (Å²) >= 11 is 0. The number of alkyl halides is 3. The average Bonchev–Trinajstić information content (AvgIpc) is 3.00. The molecule has 1 amide bonds. The van der Waals surface area contributed by atoms with Crippen molar-refractivity contribution < 1.29 is 18.0 Å². The smallest absolute Gasteiger partial charge is 0.336 e. The van der Waals surface area contributed by atoms with Gasteiger partial charge in [-0.05, 0) is 11.6 Å². The van der Waals surface area contributed by atoms with Crippen LogP contribution in [-0.2, 0) is 24.4 Å². The highest BCUT2D eigenvalue weighted by atomic mass is 35.5. The lowest BCUT2D eigenvalue weighted by atomic mass is 10.0. The van der Waals surface area contributed by atoms with Crippen LogP contribution in [-0.4, -0.2) is 40.0 Å². The molecule has 26 heavy (non-hydrogen) atoms. The molecule has 0 aliphatic carbocycles. The van der Waals surface area contributed by atoms with Gasteiger partial charge in [0.1, 0.15) is 11.9 Å². The van der Waals surface area contributed by atoms with E-state index >= 15 is 0 Å². The summed E-state index contributed by atoms with van der Waals surface area (Å²) < 4.78 is 41.3. The number of imidazole rings is 1. The number of hydrogen-bond acceptors (Lipinski definition) is 3. The molecule has 1 unspecified atom stereocenters. The highest BCUT2D eigenvalue weighted by Gasteiger charge is 2.35. The van der Waals surface area contributed by atoms with E-state index in [1.807, 2.05) is 11.6 Å². The maximum Gasteiger partial charge on any atom is 0.416 e. The Morgan fingerprint density at radius 3 is 2.73 bits per heavy atom. The first-order valence-electron chi connectivity index (χ1n) is 8.00. The molecule has 1 aromatic carbocycles. The molecule has 0 bridgehead atoms. The van der Waals surface area contributed by atoms with Crippen molar-refractivity contribution in [1.82, 2.24) is 19.8 Å². The molecule has 1 saturated heterocycles. The van der Waals surface area contributed by atoms with Gasteiger partial charge in [0.2, 0.25) is 5.91 Å². The second kappa shape index (κ2) is 8.09. The van der Waals surface area contributed by atoms with Crippen molar-refractivity contribution in [2.75, 3.05) is 19.6 Å². The van der Waals surface area contributed by atoms with Gasteiger partial charge < -0.3 is 14.8 Å². The molecule has 1 atom stereocenters. The predicted molar refractivity (Wildman–Crippen MR) is 92.9 cm³/mol. The number of aryl methyl sites for hydroxylation is 1. The lowest BCUT2D eigenvalue weighted by Gasteiger charge is -2.36. The van der Waals surface area contributed by atoms with Crippen LogP contribution < -0.4 is 5.32 Å². The third kappa shape index (κ3) is 4.19. The minimum absolute atomic E-state index is 0. The zero-order valence-electron chi connectivity index (χ0n) is 14.2. The van der Waals surface area contributed by atoms with Gasteiger partial charge in [0, 0.05) is 39.1 Å². The fourth-order valence-electron chi connectivity index (χ4n) is 3.15. The van der Waals surface area contributed by atoms with E-state index in [4.69, 9.17) is 0 Å². The Morgan fingerprint density at radius 2 is 2.08 bits per heavy atom. The summed E-state index contributed by atoms with van der Waals surface area (Å²) in [5.41, 5.74) is -0.760. The zero-order chi connectivity index (χ0) is 18.0. The van der Waals surface area contributed by atoms with Gasteiger partial charge in [-0.1, -0.05) is 18.2 Å². The summed E-state index contributed by atoms with van der Waals surface area (Å²) in [5.74, 6) is 0.385. The maximum atomic E-state index is 13.1. The van der Waals surface area contributed by atoms with Gasteiger partial charge in [0.05, 0.1) is 12.0 Å². The summed E-state index contributed by atoms with van der Waals surface area (Å²) in [5, 5.41) is 3.21. The summed E-state index contributed by atoms with van der Waals surface area (Å²) in [4.78, 5) is 18.7. The molecule has 142 valence electrons. The third-order valence-corrected chi connectivity index (χ3v) is 4.38. The Hall–Kier alpha value is -2.06. The molecule has 1 aromatic heterocycles. The molecule has 2 heterocycles. The average molecular weight is 389 g/mol. The predicted octanol–water partition coefficient (Wildman–Crippen LogP) is 2.58. The molecule has 0 radical (unpaired) electrons. The van der Waals surface area contributed by atoms with E-state index in [0.29, 0.717) is 25.5 Å². The topological polar surface area (TPSA) is 50.2 Å². The van der Waals surface area contributed by atoms with Gasteiger partial charge >= 0.3 is 6.18 Å². The van der Waals surface area contributed by atoms with Crippen LogP contribution in [0, 0.1) is 0 Å². The molecule has 5 nitrogen and oxygen atoms in total. The number of rotatable bonds is 3. The quantitative estimate of drug-likeness (QED) is 0.879. The highest BCUT2D eigenvalue weighted by molar-refractivity contribution is 5.85. The number of hydrogen-bond donors (Lipinski definition) is 1. The first-order valence-corrected chi connectivity index (χ1v) is 8.00. The van der Waals surface area contributed by atoms with Crippen molar-refractivity contribution in [1.29, 1.82) is 0 Å². The number of halogens is 4. The Labute approximate surface area is 155 Å². The van der Waals surface area contributed by atoms with Crippen LogP contribution >= 0.6 is 12.4 Å². The minimum atomic E-state index is -4.47. The summed E-state index contributed by atoms with van der Waals surface area (Å²) in [7, 11) is 1.83. The molecule has 0 saturated carbocycles. The van der Waals surface area contributed by atoms with E-state index in [1.165, 1.54) is 18.2 Å². The number of amides is 1. The van der Waals surface area contributed by atoms with Crippen molar-refractivity contribution in [3.63, 3.8) is 0 Å². The maximum absolute atomic E-state index is 13.1. The number of aromatic nitrogens is 2. The molecule has 1 fully saturated rings. The van der Waals surface area contributed by atoms with Crippen LogP contribution in [0.1, 0.15) is 23.0 Å². The fourth-order valence-corrected chi connectivity index (χ4v) is 3.15. The first-order chi connectivity index (χ1) is 11.9. The molecule has 0 spiro atoms. The monoisotopic (exact) mass is 388 g/mol. The van der Waals surface area contributed by atoms with Crippen molar-refractivity contribution in [2.45, 2.75) is 18.6 Å². The number of carbonyl (C=O) groups is 1. The van der Waals surface area contributed by atoms with Crippen LogP contribution in [0.25, 0.3) is 0 Å². The van der Waals surface area contributed by atoms with Crippen molar-refractivity contribution in [2.24, 2.45) is 7.05 Å². The van der Waals surface area contributed by atoms with Gasteiger partial charge in [0.25, 0.3) is 0 Å². The SMILES string of the molecule is Cl.Cn1ccnc1C1CNCCN1C(=O)Cc1ccccc1C(F)(F)F. The van der Waals surface area contributed by atoms with Gasteiger partial charge in [-0.25, -0.2) is 4.98 Å².